The summed E-state index contributed by atoms with van der Waals surface area (Å²) in [4.78, 5) is 34.9. The summed E-state index contributed by atoms with van der Waals surface area (Å²) in [6, 6.07) is 0. The average molecular weight is 809 g/mol. The summed E-state index contributed by atoms with van der Waals surface area (Å²) in [5.41, 5.74) is 0. The standard InChI is InChI=1S/C45H77O10P/c1-3-5-7-9-11-13-15-17-18-19-20-21-22-23-25-26-28-30-32-34-36-44(48)52-40-43(41-54-56(50,51)53-39-42(47)38-46)55-45(49)37-35-33-31-29-27-24-16-14-12-10-8-6-4-2/h6,8,10,12-18,24,27,42-43,46-47H,3-5,7,9,11,19-23,25-26,28-41H2,1-2H3,(H,50,51)/b8-6+,12-10+,15-13+,16-14+,18-17+,27-24+/t42-,43?/m1/s1. The number of carbonyl (C=O) groups is 2. The van der Waals surface area contributed by atoms with Crippen molar-refractivity contribution in [2.45, 2.75) is 174 Å². The van der Waals surface area contributed by atoms with E-state index in [1.54, 1.807) is 0 Å². The average Bonchev–Trinajstić information content (AvgIpc) is 3.19. The maximum Gasteiger partial charge on any atom is 0.472 e. The lowest BCUT2D eigenvalue weighted by molar-refractivity contribution is -0.161. The van der Waals surface area contributed by atoms with Crippen LogP contribution >= 0.6 is 7.82 Å². The Balaban J connectivity index is 4.31. The lowest BCUT2D eigenvalue weighted by atomic mass is 10.1. The zero-order valence-electron chi connectivity index (χ0n) is 34.8. The van der Waals surface area contributed by atoms with Crippen LogP contribution in [-0.4, -0.2) is 65.7 Å². The van der Waals surface area contributed by atoms with Gasteiger partial charge in [0.25, 0.3) is 0 Å². The molecule has 0 radical (unpaired) electrons. The van der Waals surface area contributed by atoms with Crippen molar-refractivity contribution in [3.05, 3.63) is 72.9 Å². The first-order valence-electron chi connectivity index (χ1n) is 21.5. The smallest absolute Gasteiger partial charge is 0.462 e. The van der Waals surface area contributed by atoms with Crippen molar-refractivity contribution >= 4 is 19.8 Å². The minimum absolute atomic E-state index is 0.134. The molecule has 322 valence electrons. The van der Waals surface area contributed by atoms with Crippen LogP contribution in [0.4, 0.5) is 0 Å². The summed E-state index contributed by atoms with van der Waals surface area (Å²) in [6.45, 7) is 2.15. The van der Waals surface area contributed by atoms with Crippen LogP contribution in [-0.2, 0) is 32.7 Å². The van der Waals surface area contributed by atoms with E-state index in [4.69, 9.17) is 19.1 Å². The number of hydrogen-bond donors (Lipinski definition) is 3. The SMILES string of the molecule is CC/C=C/C=C/C=C/C=C/CCCCCC(=O)OC(COC(=O)CCCCCCCCCCCC/C=C/C=C/CCCCCC)COP(=O)(O)OC[C@H](O)CO. The van der Waals surface area contributed by atoms with Crippen molar-refractivity contribution in [3.63, 3.8) is 0 Å². The number of unbranched alkanes of at least 4 members (excludes halogenated alkanes) is 17. The zero-order valence-corrected chi connectivity index (χ0v) is 35.7. The number of rotatable bonds is 39. The third-order valence-electron chi connectivity index (χ3n) is 8.72. The lowest BCUT2D eigenvalue weighted by Crippen LogP contribution is -2.29. The highest BCUT2D eigenvalue weighted by Crippen LogP contribution is 2.43. The van der Waals surface area contributed by atoms with E-state index in [2.05, 4.69) is 54.8 Å². The summed E-state index contributed by atoms with van der Waals surface area (Å²) in [5.74, 6) is -0.980. The molecular weight excluding hydrogens is 731 g/mol. The Labute approximate surface area is 339 Å². The number of ether oxygens (including phenoxy) is 2. The number of esters is 2. The summed E-state index contributed by atoms with van der Waals surface area (Å²) < 4.78 is 32.6. The molecule has 0 fully saturated rings. The van der Waals surface area contributed by atoms with Gasteiger partial charge in [-0.1, -0.05) is 164 Å². The van der Waals surface area contributed by atoms with Crippen LogP contribution in [0.3, 0.4) is 0 Å². The molecule has 10 nitrogen and oxygen atoms in total. The largest absolute Gasteiger partial charge is 0.472 e. The number of carbonyl (C=O) groups excluding carboxylic acids is 2. The van der Waals surface area contributed by atoms with E-state index in [1.165, 1.54) is 70.6 Å². The first-order valence-corrected chi connectivity index (χ1v) is 23.0. The molecule has 0 amide bonds. The van der Waals surface area contributed by atoms with E-state index in [0.717, 1.165) is 51.4 Å². The van der Waals surface area contributed by atoms with E-state index in [9.17, 15) is 24.2 Å². The van der Waals surface area contributed by atoms with Gasteiger partial charge >= 0.3 is 19.8 Å². The van der Waals surface area contributed by atoms with Gasteiger partial charge in [-0.15, -0.1) is 0 Å². The molecule has 0 aliphatic heterocycles. The van der Waals surface area contributed by atoms with Gasteiger partial charge in [-0.25, -0.2) is 4.57 Å². The number of hydrogen-bond acceptors (Lipinski definition) is 9. The van der Waals surface area contributed by atoms with Gasteiger partial charge in [0.05, 0.1) is 19.8 Å². The third-order valence-corrected chi connectivity index (χ3v) is 9.67. The van der Waals surface area contributed by atoms with Gasteiger partial charge in [-0.05, 0) is 57.8 Å². The molecule has 0 bridgehead atoms. The van der Waals surface area contributed by atoms with Crippen molar-refractivity contribution in [2.75, 3.05) is 26.4 Å². The number of aliphatic hydroxyl groups excluding tert-OH is 2. The highest BCUT2D eigenvalue weighted by molar-refractivity contribution is 7.47. The second-order valence-corrected chi connectivity index (χ2v) is 15.6. The molecule has 0 aromatic rings. The third kappa shape index (κ3) is 39.6. The van der Waals surface area contributed by atoms with Gasteiger partial charge in [0, 0.05) is 12.8 Å². The molecule has 56 heavy (non-hydrogen) atoms. The molecule has 11 heteroatoms. The first-order chi connectivity index (χ1) is 27.2. The Bertz CT molecular complexity index is 1160. The van der Waals surface area contributed by atoms with Crippen molar-refractivity contribution < 1.29 is 47.8 Å². The minimum atomic E-state index is -4.63. The lowest BCUT2D eigenvalue weighted by Gasteiger charge is -2.20. The van der Waals surface area contributed by atoms with Crippen LogP contribution in [0.2, 0.25) is 0 Å². The Morgan fingerprint density at radius 1 is 0.554 bits per heavy atom. The number of allylic oxidation sites excluding steroid dienone is 12. The maximum atomic E-state index is 12.6. The van der Waals surface area contributed by atoms with E-state index < -0.39 is 51.8 Å². The van der Waals surface area contributed by atoms with E-state index >= 15 is 0 Å². The Morgan fingerprint density at radius 2 is 0.982 bits per heavy atom. The Morgan fingerprint density at radius 3 is 1.52 bits per heavy atom. The van der Waals surface area contributed by atoms with Gasteiger partial charge in [-0.3, -0.25) is 18.6 Å². The molecule has 0 aromatic carbocycles. The highest BCUT2D eigenvalue weighted by atomic mass is 31.2. The van der Waals surface area contributed by atoms with Gasteiger partial charge in [-0.2, -0.15) is 0 Å². The predicted molar refractivity (Wildman–Crippen MR) is 228 cm³/mol. The van der Waals surface area contributed by atoms with Crippen LogP contribution in [0.25, 0.3) is 0 Å². The number of aliphatic hydroxyl groups is 2. The van der Waals surface area contributed by atoms with Crippen molar-refractivity contribution in [1.29, 1.82) is 0 Å². The van der Waals surface area contributed by atoms with E-state index in [0.29, 0.717) is 12.8 Å². The minimum Gasteiger partial charge on any atom is -0.462 e. The molecule has 0 aliphatic carbocycles. The van der Waals surface area contributed by atoms with Crippen molar-refractivity contribution in [2.24, 2.45) is 0 Å². The van der Waals surface area contributed by atoms with Crippen LogP contribution in [0.15, 0.2) is 72.9 Å². The van der Waals surface area contributed by atoms with E-state index in [-0.39, 0.29) is 19.4 Å². The second kappa shape index (κ2) is 40.6. The fourth-order valence-electron chi connectivity index (χ4n) is 5.41. The summed E-state index contributed by atoms with van der Waals surface area (Å²) in [6.07, 6.45) is 45.9. The van der Waals surface area contributed by atoms with Gasteiger partial charge < -0.3 is 24.6 Å². The molecule has 3 atom stereocenters. The first kappa shape index (κ1) is 53.4. The molecule has 0 saturated heterocycles. The zero-order chi connectivity index (χ0) is 41.2. The van der Waals surface area contributed by atoms with Crippen molar-refractivity contribution in [1.82, 2.24) is 0 Å². The maximum absolute atomic E-state index is 12.6. The molecule has 0 rings (SSSR count). The second-order valence-electron chi connectivity index (χ2n) is 14.1. The van der Waals surface area contributed by atoms with E-state index in [1.807, 2.05) is 36.5 Å². The molecule has 2 unspecified atom stereocenters. The monoisotopic (exact) mass is 809 g/mol. The topological polar surface area (TPSA) is 149 Å². The molecule has 0 saturated carbocycles. The summed E-state index contributed by atoms with van der Waals surface area (Å²) >= 11 is 0. The Kier molecular flexibility index (Phi) is 38.7. The van der Waals surface area contributed by atoms with Crippen LogP contribution in [0.1, 0.15) is 162 Å². The molecule has 0 heterocycles. The fraction of sp³-hybridized carbons (Fsp3) is 0.689. The van der Waals surface area contributed by atoms with Gasteiger partial charge in [0.15, 0.2) is 6.10 Å². The molecule has 0 aliphatic rings. The summed E-state index contributed by atoms with van der Waals surface area (Å²) in [7, 11) is -4.63. The predicted octanol–water partition coefficient (Wildman–Crippen LogP) is 11.3. The quantitative estimate of drug-likeness (QED) is 0.0237. The van der Waals surface area contributed by atoms with Gasteiger partial charge in [0.2, 0.25) is 0 Å². The normalized spacial score (nSPS) is 14.6. The Hall–Kier alpha value is -2.59. The number of phosphoric acid groups is 1. The van der Waals surface area contributed by atoms with Crippen LogP contribution < -0.4 is 0 Å². The highest BCUT2D eigenvalue weighted by Gasteiger charge is 2.27. The van der Waals surface area contributed by atoms with Crippen LogP contribution in [0, 0.1) is 0 Å². The van der Waals surface area contributed by atoms with Gasteiger partial charge in [0.1, 0.15) is 12.7 Å². The molecule has 3 N–H and O–H groups in total. The van der Waals surface area contributed by atoms with Crippen LogP contribution in [0.5, 0.6) is 0 Å². The number of phosphoric ester groups is 1. The molecule has 0 aromatic heterocycles. The molecule has 0 spiro atoms. The fourth-order valence-corrected chi connectivity index (χ4v) is 6.19. The molecular formula is C45H77O10P. The van der Waals surface area contributed by atoms with Crippen molar-refractivity contribution in [3.8, 4) is 0 Å². The summed E-state index contributed by atoms with van der Waals surface area (Å²) in [5, 5.41) is 18.3.